The third-order valence-electron chi connectivity index (χ3n) is 5.01. The van der Waals surface area contributed by atoms with Crippen LogP contribution in [0.4, 0.5) is 0 Å². The maximum Gasteiger partial charge on any atom is 0.222 e. The number of hydrogen-bond acceptors (Lipinski definition) is 3. The highest BCUT2D eigenvalue weighted by Gasteiger charge is 2.20. The quantitative estimate of drug-likeness (QED) is 0.306. The van der Waals surface area contributed by atoms with Crippen LogP contribution < -0.4 is 10.6 Å². The molecule has 1 aromatic heterocycles. The van der Waals surface area contributed by atoms with Crippen LogP contribution in [0.2, 0.25) is 0 Å². The lowest BCUT2D eigenvalue weighted by Crippen LogP contribution is -2.39. The first-order valence-electron chi connectivity index (χ1n) is 10.1. The molecule has 29 heavy (non-hydrogen) atoms. The molecular weight excluding hydrogens is 495 g/mol. The van der Waals surface area contributed by atoms with Gasteiger partial charge >= 0.3 is 0 Å². The second-order valence-corrected chi connectivity index (χ2v) is 8.16. The number of aliphatic imine (C=N–C) groups is 1. The van der Waals surface area contributed by atoms with Gasteiger partial charge in [-0.25, -0.2) is 4.99 Å². The van der Waals surface area contributed by atoms with Gasteiger partial charge in [-0.05, 0) is 35.9 Å². The number of nitrogens with one attached hydrogen (secondary N) is 2. The van der Waals surface area contributed by atoms with E-state index in [9.17, 15) is 4.79 Å². The van der Waals surface area contributed by atoms with Gasteiger partial charge in [-0.15, -0.1) is 35.3 Å². The fraction of sp³-hybridized carbons (Fsp3) is 0.455. The van der Waals surface area contributed by atoms with E-state index in [1.54, 1.807) is 11.3 Å². The summed E-state index contributed by atoms with van der Waals surface area (Å²) in [5.41, 5.74) is 2.36. The summed E-state index contributed by atoms with van der Waals surface area (Å²) in [6, 6.07) is 12.6. The van der Waals surface area contributed by atoms with E-state index in [0.717, 1.165) is 32.0 Å². The number of likely N-dealkylation sites (tertiary alicyclic amines) is 1. The number of carbonyl (C=O) groups excluding carboxylic acids is 1. The van der Waals surface area contributed by atoms with Gasteiger partial charge in [0, 0.05) is 43.4 Å². The number of benzene rings is 1. The molecule has 0 aliphatic carbocycles. The van der Waals surface area contributed by atoms with Crippen LogP contribution in [0.25, 0.3) is 0 Å². The van der Waals surface area contributed by atoms with E-state index in [1.807, 2.05) is 17.0 Å². The summed E-state index contributed by atoms with van der Waals surface area (Å²) in [5, 5.41) is 8.91. The summed E-state index contributed by atoms with van der Waals surface area (Å²) < 4.78 is 0. The molecule has 158 valence electrons. The highest BCUT2D eigenvalue weighted by molar-refractivity contribution is 14.0. The molecule has 1 fully saturated rings. The van der Waals surface area contributed by atoms with Crippen LogP contribution in [-0.2, 0) is 17.9 Å². The first kappa shape index (κ1) is 23.7. The van der Waals surface area contributed by atoms with Crippen molar-refractivity contribution in [3.63, 3.8) is 0 Å². The van der Waals surface area contributed by atoms with E-state index in [0.29, 0.717) is 25.4 Å². The number of rotatable bonds is 8. The summed E-state index contributed by atoms with van der Waals surface area (Å²) in [6.07, 6.45) is 1.65. The molecular formula is C22H31IN4OS. The Morgan fingerprint density at radius 1 is 1.21 bits per heavy atom. The number of halogens is 1. The van der Waals surface area contributed by atoms with Gasteiger partial charge in [0.1, 0.15) is 0 Å². The van der Waals surface area contributed by atoms with Crippen LogP contribution >= 0.6 is 35.3 Å². The number of amides is 1. The van der Waals surface area contributed by atoms with Crippen molar-refractivity contribution in [3.8, 4) is 0 Å². The zero-order valence-electron chi connectivity index (χ0n) is 17.2. The van der Waals surface area contributed by atoms with Gasteiger partial charge in [0.2, 0.25) is 5.91 Å². The average molecular weight is 526 g/mol. The Hall–Kier alpha value is -1.61. The molecule has 1 aliphatic heterocycles. The Balaban J connectivity index is 0.00000300. The lowest BCUT2D eigenvalue weighted by atomic mass is 10.1. The van der Waals surface area contributed by atoms with Gasteiger partial charge in [0.05, 0.1) is 6.54 Å². The van der Waals surface area contributed by atoms with Crippen molar-refractivity contribution in [1.82, 2.24) is 15.5 Å². The monoisotopic (exact) mass is 526 g/mol. The molecule has 0 spiro atoms. The zero-order chi connectivity index (χ0) is 19.8. The van der Waals surface area contributed by atoms with Crippen molar-refractivity contribution in [1.29, 1.82) is 0 Å². The molecule has 0 bridgehead atoms. The molecule has 2 aromatic rings. The maximum atomic E-state index is 12.0. The summed E-state index contributed by atoms with van der Waals surface area (Å²) in [5.74, 6) is 1.53. The second-order valence-electron chi connectivity index (χ2n) is 7.18. The fourth-order valence-corrected chi connectivity index (χ4v) is 4.16. The van der Waals surface area contributed by atoms with E-state index >= 15 is 0 Å². The molecule has 0 saturated carbocycles. The molecule has 1 aliphatic rings. The van der Waals surface area contributed by atoms with E-state index in [-0.39, 0.29) is 29.9 Å². The van der Waals surface area contributed by atoms with Crippen molar-refractivity contribution >= 4 is 47.2 Å². The fourth-order valence-electron chi connectivity index (χ4n) is 3.37. The second kappa shape index (κ2) is 12.2. The van der Waals surface area contributed by atoms with Gasteiger partial charge in [0.25, 0.3) is 0 Å². The van der Waals surface area contributed by atoms with Crippen molar-refractivity contribution < 1.29 is 4.79 Å². The highest BCUT2D eigenvalue weighted by Crippen LogP contribution is 2.20. The molecule has 3 rings (SSSR count). The summed E-state index contributed by atoms with van der Waals surface area (Å²) in [7, 11) is 0. The van der Waals surface area contributed by atoms with Crippen molar-refractivity contribution in [2.45, 2.75) is 45.7 Å². The average Bonchev–Trinajstić information content (AvgIpc) is 3.37. The minimum absolute atomic E-state index is 0. The zero-order valence-corrected chi connectivity index (χ0v) is 20.3. The van der Waals surface area contributed by atoms with Gasteiger partial charge in [-0.3, -0.25) is 4.79 Å². The van der Waals surface area contributed by atoms with E-state index in [1.165, 1.54) is 16.0 Å². The number of guanidine groups is 1. The normalized spacial score (nSPS) is 15.2. The lowest BCUT2D eigenvalue weighted by Gasteiger charge is -2.18. The summed E-state index contributed by atoms with van der Waals surface area (Å²) >= 11 is 1.79. The lowest BCUT2D eigenvalue weighted by molar-refractivity contribution is -0.128. The topological polar surface area (TPSA) is 56.7 Å². The van der Waals surface area contributed by atoms with E-state index < -0.39 is 0 Å². The summed E-state index contributed by atoms with van der Waals surface area (Å²) in [4.78, 5) is 20.1. The van der Waals surface area contributed by atoms with Crippen LogP contribution in [0.5, 0.6) is 0 Å². The molecule has 2 N–H and O–H groups in total. The Labute approximate surface area is 195 Å². The predicted octanol–water partition coefficient (Wildman–Crippen LogP) is 4.35. The van der Waals surface area contributed by atoms with Gasteiger partial charge < -0.3 is 15.5 Å². The van der Waals surface area contributed by atoms with Crippen molar-refractivity contribution in [2.24, 2.45) is 4.99 Å². The maximum absolute atomic E-state index is 12.0. The third-order valence-corrected chi connectivity index (χ3v) is 6.11. The number of carbonyl (C=O) groups is 1. The van der Waals surface area contributed by atoms with Gasteiger partial charge in [0.15, 0.2) is 5.96 Å². The molecule has 1 atom stereocenters. The smallest absolute Gasteiger partial charge is 0.222 e. The largest absolute Gasteiger partial charge is 0.357 e. The molecule has 1 saturated heterocycles. The van der Waals surface area contributed by atoms with Crippen molar-refractivity contribution in [2.75, 3.05) is 19.6 Å². The minimum Gasteiger partial charge on any atom is -0.357 e. The standard InChI is InChI=1S/C22H30N4OS.HI/c1-3-23-22(24-14-17(2)20-10-7-13-28-20)25-15-18-8-4-5-9-19(18)16-26-12-6-11-21(26)27;/h4-5,7-10,13,17H,3,6,11-12,14-16H2,1-2H3,(H2,23,24,25);1H. The molecule has 0 radical (unpaired) electrons. The van der Waals surface area contributed by atoms with Crippen LogP contribution in [-0.4, -0.2) is 36.4 Å². The predicted molar refractivity (Wildman–Crippen MR) is 132 cm³/mol. The molecule has 7 heteroatoms. The molecule has 1 amide bonds. The molecule has 1 unspecified atom stereocenters. The SMILES string of the molecule is CCNC(=NCc1ccccc1CN1CCCC1=O)NCC(C)c1cccs1.I. The van der Waals surface area contributed by atoms with Crippen LogP contribution in [0.15, 0.2) is 46.8 Å². The van der Waals surface area contributed by atoms with E-state index in [4.69, 9.17) is 4.99 Å². The number of nitrogens with zero attached hydrogens (tertiary/aromatic N) is 2. The van der Waals surface area contributed by atoms with Gasteiger partial charge in [-0.2, -0.15) is 0 Å². The first-order valence-corrected chi connectivity index (χ1v) is 11.0. The molecule has 1 aromatic carbocycles. The molecule has 5 nitrogen and oxygen atoms in total. The third kappa shape index (κ3) is 6.99. The minimum atomic E-state index is 0. The Morgan fingerprint density at radius 2 is 2.00 bits per heavy atom. The van der Waals surface area contributed by atoms with Gasteiger partial charge in [-0.1, -0.05) is 37.3 Å². The molecule has 2 heterocycles. The Kier molecular flexibility index (Phi) is 9.93. The Morgan fingerprint density at radius 3 is 2.66 bits per heavy atom. The van der Waals surface area contributed by atoms with Crippen LogP contribution in [0.3, 0.4) is 0 Å². The van der Waals surface area contributed by atoms with Crippen LogP contribution in [0, 0.1) is 0 Å². The van der Waals surface area contributed by atoms with Crippen LogP contribution in [0.1, 0.15) is 48.6 Å². The summed E-state index contributed by atoms with van der Waals surface area (Å²) in [6.45, 7) is 8.11. The number of thiophene rings is 1. The van der Waals surface area contributed by atoms with Crippen molar-refractivity contribution in [3.05, 3.63) is 57.8 Å². The first-order chi connectivity index (χ1) is 13.7. The van der Waals surface area contributed by atoms with E-state index in [2.05, 4.69) is 54.1 Å². The highest BCUT2D eigenvalue weighted by atomic mass is 127. The Bertz CT molecular complexity index is 794. The number of hydrogen-bond donors (Lipinski definition) is 2.